The maximum absolute atomic E-state index is 14.2. The van der Waals surface area contributed by atoms with E-state index in [1.54, 1.807) is 0 Å². The molecule has 1 saturated heterocycles. The van der Waals surface area contributed by atoms with Gasteiger partial charge >= 0.3 is 19.4 Å². The van der Waals surface area contributed by atoms with Gasteiger partial charge in [0.15, 0.2) is 6.10 Å². The van der Waals surface area contributed by atoms with Crippen LogP contribution in [0.4, 0.5) is 14.6 Å². The van der Waals surface area contributed by atoms with Crippen molar-refractivity contribution in [3.05, 3.63) is 22.7 Å². The van der Waals surface area contributed by atoms with Crippen molar-refractivity contribution in [3.63, 3.8) is 0 Å². The Bertz CT molecular complexity index is 693. The number of aliphatic hydroxyl groups excluding tert-OH is 1. The number of anilines is 1. The molecule has 1 aromatic rings. The van der Waals surface area contributed by atoms with Gasteiger partial charge in [0.05, 0.1) is 6.10 Å². The zero-order chi connectivity index (χ0) is 17.6. The Kier molecular flexibility index (Phi) is 4.59. The van der Waals surface area contributed by atoms with Crippen molar-refractivity contribution in [2.45, 2.75) is 37.4 Å². The first-order valence-electron chi connectivity index (χ1n) is 6.23. The summed E-state index contributed by atoms with van der Waals surface area (Å²) in [5, 5.41) is 9.69. The number of alkyl halides is 2. The van der Waals surface area contributed by atoms with Crippen LogP contribution >= 0.6 is 7.82 Å². The fourth-order valence-electron chi connectivity index (χ4n) is 2.18. The van der Waals surface area contributed by atoms with Gasteiger partial charge in [-0.1, -0.05) is 0 Å². The minimum absolute atomic E-state index is 0.192. The molecule has 23 heavy (non-hydrogen) atoms. The van der Waals surface area contributed by atoms with Crippen molar-refractivity contribution in [1.82, 2.24) is 9.55 Å². The van der Waals surface area contributed by atoms with Gasteiger partial charge in [-0.05, 0) is 13.0 Å². The van der Waals surface area contributed by atoms with Gasteiger partial charge in [0.1, 0.15) is 11.9 Å². The smallest absolute Gasteiger partial charge is 0.384 e. The van der Waals surface area contributed by atoms with Crippen LogP contribution in [-0.4, -0.2) is 48.7 Å². The molecule has 4 atom stereocenters. The number of hydrogen-bond acceptors (Lipinski definition) is 7. The van der Waals surface area contributed by atoms with Gasteiger partial charge < -0.3 is 25.4 Å². The van der Waals surface area contributed by atoms with E-state index in [0.717, 1.165) is 19.2 Å². The summed E-state index contributed by atoms with van der Waals surface area (Å²) < 4.78 is 48.7. The molecule has 0 spiro atoms. The number of hydrogen-bond donors (Lipinski definition) is 4. The van der Waals surface area contributed by atoms with Crippen molar-refractivity contribution >= 4 is 13.6 Å². The molecule has 0 saturated carbocycles. The lowest BCUT2D eigenvalue weighted by molar-refractivity contribution is -0.141. The molecule has 0 aromatic carbocycles. The molecular weight excluding hydrogens is 343 g/mol. The molecule has 0 radical (unpaired) electrons. The van der Waals surface area contributed by atoms with E-state index in [1.807, 2.05) is 0 Å². The van der Waals surface area contributed by atoms with E-state index in [2.05, 4.69) is 9.51 Å². The molecule has 1 fully saturated rings. The summed E-state index contributed by atoms with van der Waals surface area (Å²) in [5.74, 6) is -4.12. The lowest BCUT2D eigenvalue weighted by Crippen LogP contribution is -2.43. The summed E-state index contributed by atoms with van der Waals surface area (Å²) in [5.41, 5.74) is 4.12. The average molecular weight is 357 g/mol. The van der Waals surface area contributed by atoms with Gasteiger partial charge in [-0.15, -0.1) is 0 Å². The van der Waals surface area contributed by atoms with E-state index in [9.17, 15) is 23.2 Å². The zero-order valence-electron chi connectivity index (χ0n) is 11.6. The van der Waals surface area contributed by atoms with E-state index in [-0.39, 0.29) is 5.82 Å². The first-order chi connectivity index (χ1) is 10.4. The minimum Gasteiger partial charge on any atom is -0.384 e. The van der Waals surface area contributed by atoms with Crippen LogP contribution in [0.2, 0.25) is 0 Å². The molecule has 2 heterocycles. The van der Waals surface area contributed by atoms with E-state index in [4.69, 9.17) is 20.3 Å². The van der Waals surface area contributed by atoms with Crippen molar-refractivity contribution in [1.29, 1.82) is 0 Å². The summed E-state index contributed by atoms with van der Waals surface area (Å²) in [6.07, 6.45) is -7.14. The van der Waals surface area contributed by atoms with Gasteiger partial charge in [-0.3, -0.25) is 9.09 Å². The number of halogens is 2. The summed E-state index contributed by atoms with van der Waals surface area (Å²) >= 11 is 0. The fourth-order valence-corrected chi connectivity index (χ4v) is 2.73. The Labute approximate surface area is 127 Å². The number of phosphoric acid groups is 1. The molecule has 10 nitrogen and oxygen atoms in total. The van der Waals surface area contributed by atoms with E-state index in [1.165, 1.54) is 0 Å². The SMILES string of the molecule is CC(OP(=O)(O)O)C1OC(n2ccc(N)nc2=O)C(F)(F)C1O. The van der Waals surface area contributed by atoms with Crippen LogP contribution in [0, 0.1) is 0 Å². The van der Waals surface area contributed by atoms with Crippen LogP contribution in [0.5, 0.6) is 0 Å². The number of nitrogens with zero attached hydrogens (tertiary/aromatic N) is 2. The average Bonchev–Trinajstić information content (AvgIpc) is 2.60. The first kappa shape index (κ1) is 17.9. The van der Waals surface area contributed by atoms with Crippen molar-refractivity contribution in [2.24, 2.45) is 0 Å². The topological polar surface area (TPSA) is 157 Å². The molecule has 1 aliphatic heterocycles. The first-order valence-corrected chi connectivity index (χ1v) is 7.76. The number of aliphatic hydroxyl groups is 1. The van der Waals surface area contributed by atoms with Crippen molar-refractivity contribution in [2.75, 3.05) is 5.73 Å². The Hall–Kier alpha value is -1.43. The summed E-state index contributed by atoms with van der Waals surface area (Å²) in [7, 11) is -4.98. The van der Waals surface area contributed by atoms with E-state index >= 15 is 0 Å². The number of ether oxygens (including phenoxy) is 1. The van der Waals surface area contributed by atoms with Crippen LogP contribution in [0.15, 0.2) is 17.1 Å². The highest BCUT2D eigenvalue weighted by molar-refractivity contribution is 7.46. The Morgan fingerprint density at radius 1 is 1.57 bits per heavy atom. The third-order valence-electron chi connectivity index (χ3n) is 3.19. The predicted octanol–water partition coefficient (Wildman–Crippen LogP) is -0.783. The van der Waals surface area contributed by atoms with Crippen molar-refractivity contribution < 1.29 is 37.5 Å². The van der Waals surface area contributed by atoms with Crippen LogP contribution in [-0.2, 0) is 13.8 Å². The highest BCUT2D eigenvalue weighted by Gasteiger charge is 2.61. The van der Waals surface area contributed by atoms with Gasteiger partial charge in [0, 0.05) is 6.20 Å². The normalized spacial score (nSPS) is 28.7. The van der Waals surface area contributed by atoms with E-state index < -0.39 is 44.0 Å². The fraction of sp³-hybridized carbons (Fsp3) is 0.600. The van der Waals surface area contributed by atoms with Gasteiger partial charge in [0.2, 0.25) is 6.23 Å². The van der Waals surface area contributed by atoms with Crippen LogP contribution in [0.25, 0.3) is 0 Å². The predicted molar refractivity (Wildman–Crippen MR) is 70.4 cm³/mol. The standard InChI is InChI=1S/C10H14F2N3O7P/c1-4(22-23(18,19)20)6-7(16)10(11,12)8(21-6)15-3-2-5(13)14-9(15)17/h2-4,6-8,16H,1H3,(H2,13,14,17)(H2,18,19,20). The summed E-state index contributed by atoms with van der Waals surface area (Å²) in [4.78, 5) is 32.3. The van der Waals surface area contributed by atoms with Crippen LogP contribution in [0.3, 0.4) is 0 Å². The third-order valence-corrected chi connectivity index (χ3v) is 3.80. The number of nitrogen functional groups attached to an aromatic ring is 1. The maximum atomic E-state index is 14.2. The molecule has 2 rings (SSSR count). The highest BCUT2D eigenvalue weighted by Crippen LogP contribution is 2.46. The summed E-state index contributed by atoms with van der Waals surface area (Å²) in [6.45, 7) is 1.04. The zero-order valence-corrected chi connectivity index (χ0v) is 12.5. The molecule has 1 aliphatic rings. The molecule has 0 amide bonds. The second-order valence-corrected chi connectivity index (χ2v) is 6.11. The number of phosphoric ester groups is 1. The molecule has 0 bridgehead atoms. The van der Waals surface area contributed by atoms with Crippen molar-refractivity contribution in [3.8, 4) is 0 Å². The number of aromatic nitrogens is 2. The van der Waals surface area contributed by atoms with Gasteiger partial charge in [0.25, 0.3) is 0 Å². The second kappa shape index (κ2) is 5.89. The van der Waals surface area contributed by atoms with E-state index in [0.29, 0.717) is 4.57 Å². The third kappa shape index (κ3) is 3.57. The summed E-state index contributed by atoms with van der Waals surface area (Å²) in [6, 6.07) is 1.08. The maximum Gasteiger partial charge on any atom is 0.469 e. The Balaban J connectivity index is 2.33. The largest absolute Gasteiger partial charge is 0.469 e. The second-order valence-electron chi connectivity index (χ2n) is 4.92. The highest BCUT2D eigenvalue weighted by atomic mass is 31.2. The number of rotatable bonds is 4. The molecule has 0 aliphatic carbocycles. The van der Waals surface area contributed by atoms with Crippen LogP contribution < -0.4 is 11.4 Å². The number of nitrogens with two attached hydrogens (primary N) is 1. The lowest BCUT2D eigenvalue weighted by atomic mass is 10.1. The molecule has 4 unspecified atom stereocenters. The van der Waals surface area contributed by atoms with Gasteiger partial charge in [-0.25, -0.2) is 9.36 Å². The molecule has 5 N–H and O–H groups in total. The quantitative estimate of drug-likeness (QED) is 0.507. The van der Waals surface area contributed by atoms with Crippen LogP contribution in [0.1, 0.15) is 13.2 Å². The minimum atomic E-state index is -4.98. The molecular formula is C10H14F2N3O7P. The Morgan fingerprint density at radius 3 is 2.70 bits per heavy atom. The monoisotopic (exact) mass is 357 g/mol. The molecule has 13 heteroatoms. The lowest BCUT2D eigenvalue weighted by Gasteiger charge is -2.22. The molecule has 1 aromatic heterocycles. The molecule has 130 valence electrons. The Morgan fingerprint density at radius 2 is 2.17 bits per heavy atom. The van der Waals surface area contributed by atoms with Gasteiger partial charge in [-0.2, -0.15) is 13.8 Å².